The third-order valence-corrected chi connectivity index (χ3v) is 4.93. The number of carbonyl (C=O) groups excluding carboxylic acids is 2. The van der Waals surface area contributed by atoms with Crippen molar-refractivity contribution >= 4 is 29.2 Å². The number of halogens is 1. The molecule has 2 aromatic rings. The molecule has 0 unspecified atom stereocenters. The van der Waals surface area contributed by atoms with Gasteiger partial charge in [0.1, 0.15) is 11.3 Å². The van der Waals surface area contributed by atoms with Gasteiger partial charge in [-0.05, 0) is 29.5 Å². The summed E-state index contributed by atoms with van der Waals surface area (Å²) in [5.74, 6) is -0.712. The molecule has 0 radical (unpaired) electrons. The van der Waals surface area contributed by atoms with Crippen molar-refractivity contribution in [3.8, 4) is 5.75 Å². The molecule has 29 heavy (non-hydrogen) atoms. The van der Waals surface area contributed by atoms with Gasteiger partial charge < -0.3 is 20.5 Å². The molecule has 1 atom stereocenters. The van der Waals surface area contributed by atoms with Gasteiger partial charge in [-0.3, -0.25) is 4.79 Å². The molecular weight excluding hydrogens is 392 g/mol. The first kappa shape index (κ1) is 22.6. The summed E-state index contributed by atoms with van der Waals surface area (Å²) in [6, 6.07) is 10.7. The third-order valence-electron chi connectivity index (χ3n) is 4.60. The lowest BCUT2D eigenvalue weighted by atomic mass is 9.95. The number of amides is 1. The molecule has 156 valence electrons. The topological polar surface area (TPSA) is 90.7 Å². The van der Waals surface area contributed by atoms with Gasteiger partial charge in [0.2, 0.25) is 0 Å². The van der Waals surface area contributed by atoms with Gasteiger partial charge in [-0.1, -0.05) is 56.6 Å². The van der Waals surface area contributed by atoms with Gasteiger partial charge in [-0.25, -0.2) is 4.79 Å². The molecule has 0 fully saturated rings. The molecule has 0 heterocycles. The summed E-state index contributed by atoms with van der Waals surface area (Å²) in [5.41, 5.74) is 8.34. The number of rotatable bonds is 8. The predicted molar refractivity (Wildman–Crippen MR) is 114 cm³/mol. The number of anilines is 1. The second-order valence-corrected chi connectivity index (χ2v) is 7.44. The van der Waals surface area contributed by atoms with Crippen LogP contribution in [0.2, 0.25) is 5.02 Å². The minimum atomic E-state index is -0.715. The number of nitrogens with one attached hydrogen (secondary N) is 1. The van der Waals surface area contributed by atoms with Crippen LogP contribution in [0.25, 0.3) is 0 Å². The summed E-state index contributed by atoms with van der Waals surface area (Å²) in [5, 5.41) is 3.14. The summed E-state index contributed by atoms with van der Waals surface area (Å²) < 4.78 is 10.3. The van der Waals surface area contributed by atoms with Crippen molar-refractivity contribution < 1.29 is 19.1 Å². The van der Waals surface area contributed by atoms with Crippen LogP contribution in [-0.2, 0) is 16.0 Å². The van der Waals surface area contributed by atoms with Crippen LogP contribution in [0.15, 0.2) is 36.4 Å². The van der Waals surface area contributed by atoms with Crippen LogP contribution in [0, 0.1) is 5.92 Å². The molecule has 0 saturated carbocycles. The van der Waals surface area contributed by atoms with Crippen LogP contribution in [-0.4, -0.2) is 25.6 Å². The van der Waals surface area contributed by atoms with Gasteiger partial charge in [-0.15, -0.1) is 0 Å². The van der Waals surface area contributed by atoms with Crippen LogP contribution in [0.3, 0.4) is 0 Å². The Balaban J connectivity index is 2.03. The van der Waals surface area contributed by atoms with E-state index >= 15 is 0 Å². The van der Waals surface area contributed by atoms with Crippen molar-refractivity contribution in [2.45, 2.75) is 33.2 Å². The number of nitrogens with two attached hydrogens (primary N) is 1. The average Bonchev–Trinajstić information content (AvgIpc) is 2.71. The van der Waals surface area contributed by atoms with Crippen molar-refractivity contribution in [2.24, 2.45) is 5.92 Å². The fourth-order valence-electron chi connectivity index (χ4n) is 2.92. The Bertz CT molecular complexity index is 866. The normalized spacial score (nSPS) is 11.8. The summed E-state index contributed by atoms with van der Waals surface area (Å²) >= 11 is 5.97. The zero-order valence-corrected chi connectivity index (χ0v) is 17.9. The lowest BCUT2D eigenvalue weighted by molar-refractivity contribution is -0.125. The van der Waals surface area contributed by atoms with E-state index in [4.69, 9.17) is 26.8 Å². The summed E-state index contributed by atoms with van der Waals surface area (Å²) in [7, 11) is 1.41. The van der Waals surface area contributed by atoms with Crippen LogP contribution in [0.5, 0.6) is 5.75 Å². The zero-order chi connectivity index (χ0) is 21.6. The van der Waals surface area contributed by atoms with Crippen molar-refractivity contribution in [1.29, 1.82) is 0 Å². The van der Waals surface area contributed by atoms with Crippen molar-refractivity contribution in [2.75, 3.05) is 19.5 Å². The molecule has 2 aromatic carbocycles. The molecule has 0 bridgehead atoms. The maximum absolute atomic E-state index is 12.4. The predicted octanol–water partition coefficient (Wildman–Crippen LogP) is 4.16. The van der Waals surface area contributed by atoms with E-state index in [1.54, 1.807) is 0 Å². The molecule has 0 aliphatic carbocycles. The first-order valence-electron chi connectivity index (χ1n) is 9.45. The Kier molecular flexibility index (Phi) is 7.91. The highest BCUT2D eigenvalue weighted by Gasteiger charge is 2.21. The van der Waals surface area contributed by atoms with Crippen molar-refractivity contribution in [3.63, 3.8) is 0 Å². The molecule has 3 N–H and O–H groups in total. The summed E-state index contributed by atoms with van der Waals surface area (Å²) in [6.45, 7) is 5.71. The van der Waals surface area contributed by atoms with E-state index < -0.39 is 18.5 Å². The minimum absolute atomic E-state index is 0.107. The van der Waals surface area contributed by atoms with Crippen LogP contribution in [0.1, 0.15) is 48.3 Å². The largest absolute Gasteiger partial charge is 0.496 e. The first-order chi connectivity index (χ1) is 13.8. The highest BCUT2D eigenvalue weighted by Crippen LogP contribution is 2.29. The van der Waals surface area contributed by atoms with Gasteiger partial charge in [0.05, 0.1) is 23.9 Å². The van der Waals surface area contributed by atoms with Crippen molar-refractivity contribution in [1.82, 2.24) is 5.32 Å². The highest BCUT2D eigenvalue weighted by atomic mass is 35.5. The quantitative estimate of drug-likeness (QED) is 0.496. The third kappa shape index (κ3) is 5.87. The molecule has 0 spiro atoms. The second kappa shape index (κ2) is 10.2. The summed E-state index contributed by atoms with van der Waals surface area (Å²) in [6.07, 6.45) is 0.952. The molecule has 0 aliphatic heterocycles. The standard InChI is InChI=1S/C22H27ClN2O4/c1-5-14-6-8-15(9-7-14)21(13(2)3)25-20(26)12-29-22(27)16-10-17(23)18(24)11-19(16)28-4/h6-11,13,21H,5,12,24H2,1-4H3,(H,25,26)/t21-/m0/s1. The molecular formula is C22H27ClN2O4. The number of methoxy groups -OCH3 is 1. The Morgan fingerprint density at radius 3 is 2.38 bits per heavy atom. The van der Waals surface area contributed by atoms with Crippen molar-refractivity contribution in [3.05, 3.63) is 58.1 Å². The molecule has 0 aromatic heterocycles. The number of hydrogen-bond acceptors (Lipinski definition) is 5. The second-order valence-electron chi connectivity index (χ2n) is 7.03. The van der Waals surface area contributed by atoms with E-state index in [0.29, 0.717) is 0 Å². The smallest absolute Gasteiger partial charge is 0.342 e. The first-order valence-corrected chi connectivity index (χ1v) is 9.82. The minimum Gasteiger partial charge on any atom is -0.496 e. The van der Waals surface area contributed by atoms with E-state index in [2.05, 4.69) is 12.2 Å². The number of carbonyl (C=O) groups is 2. The van der Waals surface area contributed by atoms with E-state index in [1.165, 1.54) is 24.8 Å². The number of aryl methyl sites for hydroxylation is 1. The van der Waals surface area contributed by atoms with E-state index in [-0.39, 0.29) is 34.0 Å². The Morgan fingerprint density at radius 1 is 1.17 bits per heavy atom. The molecule has 2 rings (SSSR count). The average molecular weight is 419 g/mol. The number of nitrogen functional groups attached to an aromatic ring is 1. The molecule has 7 heteroatoms. The van der Waals surface area contributed by atoms with Crippen LogP contribution >= 0.6 is 11.6 Å². The van der Waals surface area contributed by atoms with E-state index in [0.717, 1.165) is 12.0 Å². The van der Waals surface area contributed by atoms with Gasteiger partial charge in [0.25, 0.3) is 5.91 Å². The molecule has 6 nitrogen and oxygen atoms in total. The van der Waals surface area contributed by atoms with E-state index in [9.17, 15) is 9.59 Å². The Hall–Kier alpha value is -2.73. The molecule has 1 amide bonds. The Labute approximate surface area is 176 Å². The zero-order valence-electron chi connectivity index (χ0n) is 17.1. The van der Waals surface area contributed by atoms with Gasteiger partial charge in [0, 0.05) is 6.07 Å². The molecule has 0 saturated heterocycles. The lowest BCUT2D eigenvalue weighted by Gasteiger charge is -2.23. The SMILES string of the molecule is CCc1ccc([C@@H](NC(=O)COC(=O)c2cc(Cl)c(N)cc2OC)C(C)C)cc1. The maximum Gasteiger partial charge on any atom is 0.342 e. The van der Waals surface area contributed by atoms with Gasteiger partial charge in [-0.2, -0.15) is 0 Å². The maximum atomic E-state index is 12.4. The molecule has 0 aliphatic rings. The van der Waals surface area contributed by atoms with Crippen LogP contribution < -0.4 is 15.8 Å². The number of ether oxygens (including phenoxy) is 2. The fraction of sp³-hybridized carbons (Fsp3) is 0.364. The number of esters is 1. The monoisotopic (exact) mass is 418 g/mol. The number of benzene rings is 2. The lowest BCUT2D eigenvalue weighted by Crippen LogP contribution is -2.35. The van der Waals surface area contributed by atoms with Crippen LogP contribution in [0.4, 0.5) is 5.69 Å². The fourth-order valence-corrected chi connectivity index (χ4v) is 3.08. The highest BCUT2D eigenvalue weighted by molar-refractivity contribution is 6.33. The van der Waals surface area contributed by atoms with Gasteiger partial charge >= 0.3 is 5.97 Å². The Morgan fingerprint density at radius 2 is 1.83 bits per heavy atom. The van der Waals surface area contributed by atoms with Gasteiger partial charge in [0.15, 0.2) is 6.61 Å². The summed E-state index contributed by atoms with van der Waals surface area (Å²) in [4.78, 5) is 24.8. The number of hydrogen-bond donors (Lipinski definition) is 2. The van der Waals surface area contributed by atoms with E-state index in [1.807, 2.05) is 38.1 Å².